The largest absolute Gasteiger partial charge is 0.342 e. The molecular formula is C26H52N2O. The van der Waals surface area contributed by atoms with Crippen LogP contribution >= 0.6 is 0 Å². The first-order valence-electron chi connectivity index (χ1n) is 12.9. The van der Waals surface area contributed by atoms with E-state index in [-0.39, 0.29) is 5.91 Å². The van der Waals surface area contributed by atoms with Crippen molar-refractivity contribution in [2.24, 2.45) is 22.7 Å². The maximum atomic E-state index is 11.3. The zero-order valence-corrected chi connectivity index (χ0v) is 20.9. The quantitative estimate of drug-likeness (QED) is 0.526. The number of likely N-dealkylation sites (tertiary alicyclic amines) is 1. The maximum absolute atomic E-state index is 11.3. The molecule has 172 valence electrons. The van der Waals surface area contributed by atoms with Crippen molar-refractivity contribution < 1.29 is 4.79 Å². The number of nitrogens with zero attached hydrogens (tertiary/aromatic N) is 1. The van der Waals surface area contributed by atoms with Crippen LogP contribution in [0.1, 0.15) is 113 Å². The second-order valence-corrected chi connectivity index (χ2v) is 9.84. The zero-order valence-electron chi connectivity index (χ0n) is 20.9. The predicted octanol–water partition coefficient (Wildman–Crippen LogP) is 6.66. The molecule has 0 radical (unpaired) electrons. The molecule has 4 aliphatic rings. The molecule has 0 aromatic heterocycles. The molecule has 4 fully saturated rings. The molecule has 3 unspecified atom stereocenters. The third-order valence-electron chi connectivity index (χ3n) is 8.03. The van der Waals surface area contributed by atoms with Gasteiger partial charge in [-0.05, 0) is 80.6 Å². The highest BCUT2D eigenvalue weighted by atomic mass is 16.2. The van der Waals surface area contributed by atoms with E-state index in [2.05, 4.69) is 37.9 Å². The number of nitrogens with one attached hydrogen (secondary N) is 1. The molecule has 3 heteroatoms. The van der Waals surface area contributed by atoms with Gasteiger partial charge in [0.1, 0.15) is 0 Å². The minimum absolute atomic E-state index is 0.269. The van der Waals surface area contributed by atoms with E-state index in [0.717, 1.165) is 30.3 Å². The van der Waals surface area contributed by atoms with Gasteiger partial charge in [-0.25, -0.2) is 0 Å². The van der Waals surface area contributed by atoms with Crippen molar-refractivity contribution >= 4 is 5.91 Å². The predicted molar refractivity (Wildman–Crippen MR) is 127 cm³/mol. The van der Waals surface area contributed by atoms with Gasteiger partial charge in [-0.1, -0.05) is 54.4 Å². The van der Waals surface area contributed by atoms with Gasteiger partial charge >= 0.3 is 0 Å². The van der Waals surface area contributed by atoms with E-state index in [1.54, 1.807) is 6.92 Å². The van der Waals surface area contributed by atoms with E-state index in [0.29, 0.717) is 5.41 Å². The topological polar surface area (TPSA) is 32.3 Å². The summed E-state index contributed by atoms with van der Waals surface area (Å²) in [4.78, 5) is 13.4. The lowest BCUT2D eigenvalue weighted by Gasteiger charge is -2.54. The van der Waals surface area contributed by atoms with Gasteiger partial charge in [0.15, 0.2) is 0 Å². The summed E-state index contributed by atoms with van der Waals surface area (Å²) in [5.41, 5.74) is 1.27. The Hall–Kier alpha value is -0.570. The fourth-order valence-corrected chi connectivity index (χ4v) is 5.83. The highest BCUT2D eigenvalue weighted by Crippen LogP contribution is 2.53. The Morgan fingerprint density at radius 3 is 1.97 bits per heavy atom. The number of hydrogen-bond acceptors (Lipinski definition) is 2. The van der Waals surface area contributed by atoms with Gasteiger partial charge in [-0.3, -0.25) is 4.79 Å². The molecule has 2 spiro atoms. The van der Waals surface area contributed by atoms with E-state index < -0.39 is 0 Å². The molecule has 4 atom stereocenters. The van der Waals surface area contributed by atoms with Gasteiger partial charge in [0.2, 0.25) is 5.91 Å². The molecule has 2 saturated heterocycles. The summed E-state index contributed by atoms with van der Waals surface area (Å²) in [6, 6.07) is 0. The van der Waals surface area contributed by atoms with Crippen LogP contribution in [0, 0.1) is 22.7 Å². The number of rotatable bonds is 1. The molecule has 29 heavy (non-hydrogen) atoms. The Kier molecular flexibility index (Phi) is 11.8. The van der Waals surface area contributed by atoms with Gasteiger partial charge in [0, 0.05) is 26.6 Å². The molecule has 0 aromatic carbocycles. The highest BCUT2D eigenvalue weighted by Gasteiger charge is 2.48. The number of piperidine rings is 2. The first kappa shape index (κ1) is 26.5. The van der Waals surface area contributed by atoms with Crippen molar-refractivity contribution in [2.45, 2.75) is 113 Å². The van der Waals surface area contributed by atoms with Crippen LogP contribution in [0.15, 0.2) is 0 Å². The number of hydrogen-bond donors (Lipinski definition) is 1. The van der Waals surface area contributed by atoms with E-state index in [1.165, 1.54) is 77.3 Å². The lowest BCUT2D eigenvalue weighted by atomic mass is 9.56. The molecule has 2 aliphatic carbocycles. The summed E-state index contributed by atoms with van der Waals surface area (Å²) in [7, 11) is 0. The van der Waals surface area contributed by atoms with Crippen LogP contribution in [0.4, 0.5) is 0 Å². The van der Waals surface area contributed by atoms with Crippen molar-refractivity contribution in [3.63, 3.8) is 0 Å². The third-order valence-corrected chi connectivity index (χ3v) is 8.03. The molecule has 0 aromatic rings. The Balaban J connectivity index is 0.000000245. The van der Waals surface area contributed by atoms with Crippen LogP contribution in [0.3, 0.4) is 0 Å². The van der Waals surface area contributed by atoms with Crippen LogP contribution in [0.5, 0.6) is 0 Å². The van der Waals surface area contributed by atoms with Crippen molar-refractivity contribution in [2.75, 3.05) is 26.2 Å². The molecule has 4 rings (SSSR count). The average Bonchev–Trinajstić information content (AvgIpc) is 2.75. The van der Waals surface area contributed by atoms with Crippen molar-refractivity contribution in [1.29, 1.82) is 0 Å². The lowest BCUT2D eigenvalue weighted by molar-refractivity contribution is -0.137. The van der Waals surface area contributed by atoms with Gasteiger partial charge in [0.25, 0.3) is 0 Å². The fraction of sp³-hybridized carbons (Fsp3) is 0.962. The fourth-order valence-electron chi connectivity index (χ4n) is 5.83. The van der Waals surface area contributed by atoms with Gasteiger partial charge < -0.3 is 10.2 Å². The Labute approximate surface area is 182 Å². The van der Waals surface area contributed by atoms with Crippen LogP contribution in [-0.4, -0.2) is 37.0 Å². The molecule has 3 nitrogen and oxygen atoms in total. The average molecular weight is 409 g/mol. The minimum Gasteiger partial charge on any atom is -0.342 e. The van der Waals surface area contributed by atoms with Gasteiger partial charge in [-0.15, -0.1) is 0 Å². The van der Waals surface area contributed by atoms with Gasteiger partial charge in [-0.2, -0.15) is 0 Å². The Morgan fingerprint density at radius 1 is 1.00 bits per heavy atom. The van der Waals surface area contributed by atoms with Crippen molar-refractivity contribution in [3.05, 3.63) is 0 Å². The smallest absolute Gasteiger partial charge is 0.219 e. The van der Waals surface area contributed by atoms with E-state index >= 15 is 0 Å². The van der Waals surface area contributed by atoms with Crippen LogP contribution in [0.25, 0.3) is 0 Å². The van der Waals surface area contributed by atoms with Crippen molar-refractivity contribution in [1.82, 2.24) is 10.2 Å². The molecular weight excluding hydrogens is 356 g/mol. The van der Waals surface area contributed by atoms with Crippen molar-refractivity contribution in [3.8, 4) is 0 Å². The van der Waals surface area contributed by atoms with Crippen LogP contribution < -0.4 is 5.32 Å². The van der Waals surface area contributed by atoms with Crippen LogP contribution in [-0.2, 0) is 4.79 Å². The second kappa shape index (κ2) is 13.0. The number of amides is 1. The van der Waals surface area contributed by atoms with Crippen LogP contribution in [0.2, 0.25) is 0 Å². The highest BCUT2D eigenvalue weighted by molar-refractivity contribution is 5.73. The number of carbonyl (C=O) groups is 1. The first-order valence-corrected chi connectivity index (χ1v) is 12.9. The monoisotopic (exact) mass is 408 g/mol. The molecule has 0 bridgehead atoms. The molecule has 2 heterocycles. The number of carbonyl (C=O) groups excluding carboxylic acids is 1. The summed E-state index contributed by atoms with van der Waals surface area (Å²) in [5.74, 6) is 2.16. The summed E-state index contributed by atoms with van der Waals surface area (Å²) >= 11 is 0. The summed E-state index contributed by atoms with van der Waals surface area (Å²) in [5, 5.41) is 3.51. The van der Waals surface area contributed by atoms with Gasteiger partial charge in [0.05, 0.1) is 0 Å². The SMILES string of the molecule is CC.CC1CC[C@]12CCCNC2.CCC.CCC1CCC12CCCN(C(C)=O)C2. The Morgan fingerprint density at radius 2 is 1.62 bits per heavy atom. The summed E-state index contributed by atoms with van der Waals surface area (Å²) < 4.78 is 0. The summed E-state index contributed by atoms with van der Waals surface area (Å²) in [6.45, 7) is 19.3. The normalized spacial score (nSPS) is 34.9. The first-order chi connectivity index (χ1) is 13.9. The molecule has 1 N–H and O–H groups in total. The molecule has 1 amide bonds. The Bertz CT molecular complexity index is 456. The van der Waals surface area contributed by atoms with E-state index in [1.807, 2.05) is 13.8 Å². The third kappa shape index (κ3) is 6.71. The minimum atomic E-state index is 0.269. The standard InChI is InChI=1S/C12H21NO.C9H17N.C3H8.C2H6/c1-3-11-5-7-12(11)6-4-8-13(9-12)10(2)14;1-8-3-5-9(8)4-2-6-10-7-9;1-3-2;1-2/h11H,3-9H2,1-2H3;8,10H,2-7H2,1H3;3H2,1-2H3;1-2H3/t;8?,9-;;/m.0../s1. The summed E-state index contributed by atoms with van der Waals surface area (Å²) in [6.07, 6.45) is 13.7. The molecule has 2 saturated carbocycles. The maximum Gasteiger partial charge on any atom is 0.219 e. The zero-order chi connectivity index (χ0) is 21.9. The lowest BCUT2D eigenvalue weighted by Crippen LogP contribution is -2.53. The molecule has 2 aliphatic heterocycles. The second-order valence-electron chi connectivity index (χ2n) is 9.84. The van der Waals surface area contributed by atoms with E-state index in [4.69, 9.17) is 0 Å². The van der Waals surface area contributed by atoms with E-state index in [9.17, 15) is 4.79 Å².